The molecular formula is C12H14Cl2O3. The van der Waals surface area contributed by atoms with Gasteiger partial charge in [-0.1, -0.05) is 23.2 Å². The molecule has 0 bridgehead atoms. The topological polar surface area (TPSA) is 35.5 Å². The van der Waals surface area contributed by atoms with Gasteiger partial charge in [0.2, 0.25) is 0 Å². The summed E-state index contributed by atoms with van der Waals surface area (Å²) in [5.41, 5.74) is 0.883. The highest BCUT2D eigenvalue weighted by Gasteiger charge is 2.10. The van der Waals surface area contributed by atoms with Crippen molar-refractivity contribution in [2.45, 2.75) is 19.8 Å². The van der Waals surface area contributed by atoms with Crippen LogP contribution in [0.15, 0.2) is 12.1 Å². The fourth-order valence-corrected chi connectivity index (χ4v) is 2.03. The van der Waals surface area contributed by atoms with E-state index in [0.717, 1.165) is 5.56 Å². The number of hydrogen-bond acceptors (Lipinski definition) is 3. The molecule has 0 heterocycles. The first-order valence-electron chi connectivity index (χ1n) is 5.26. The summed E-state index contributed by atoms with van der Waals surface area (Å²) < 4.78 is 9.88. The number of carbonyl (C=O) groups is 1. The van der Waals surface area contributed by atoms with Crippen LogP contribution >= 0.6 is 23.2 Å². The maximum Gasteiger partial charge on any atom is 0.305 e. The molecule has 0 fully saturated rings. The van der Waals surface area contributed by atoms with E-state index in [0.29, 0.717) is 35.2 Å². The number of methoxy groups -OCH3 is 1. The van der Waals surface area contributed by atoms with Crippen LogP contribution in [0.3, 0.4) is 0 Å². The van der Waals surface area contributed by atoms with Crippen LogP contribution in [-0.2, 0) is 16.0 Å². The lowest BCUT2D eigenvalue weighted by atomic mass is 10.1. The second-order valence-electron chi connectivity index (χ2n) is 3.40. The molecule has 0 radical (unpaired) electrons. The maximum absolute atomic E-state index is 11.0. The summed E-state index contributed by atoms with van der Waals surface area (Å²) in [6.07, 6.45) is 0.843. The Labute approximate surface area is 111 Å². The molecule has 0 unspecified atom stereocenters. The fraction of sp³-hybridized carbons (Fsp3) is 0.417. The largest absolute Gasteiger partial charge is 0.491 e. The molecule has 94 valence electrons. The Kier molecular flexibility index (Phi) is 5.59. The van der Waals surface area contributed by atoms with Crippen molar-refractivity contribution >= 4 is 29.2 Å². The van der Waals surface area contributed by atoms with Crippen molar-refractivity contribution in [1.29, 1.82) is 0 Å². The van der Waals surface area contributed by atoms with Gasteiger partial charge < -0.3 is 9.47 Å². The highest BCUT2D eigenvalue weighted by atomic mass is 35.5. The molecule has 0 aliphatic heterocycles. The van der Waals surface area contributed by atoms with E-state index in [-0.39, 0.29) is 5.97 Å². The highest BCUT2D eigenvalue weighted by Crippen LogP contribution is 2.34. The summed E-state index contributed by atoms with van der Waals surface area (Å²) in [7, 11) is 1.36. The van der Waals surface area contributed by atoms with Gasteiger partial charge >= 0.3 is 5.97 Å². The predicted octanol–water partition coefficient (Wildman–Crippen LogP) is 3.50. The van der Waals surface area contributed by atoms with Gasteiger partial charge in [0.1, 0.15) is 0 Å². The van der Waals surface area contributed by atoms with E-state index in [2.05, 4.69) is 4.74 Å². The molecule has 0 amide bonds. The lowest BCUT2D eigenvalue weighted by molar-refractivity contribution is -0.140. The Balaban J connectivity index is 2.79. The smallest absolute Gasteiger partial charge is 0.305 e. The van der Waals surface area contributed by atoms with Gasteiger partial charge in [0.25, 0.3) is 0 Å². The standard InChI is InChI=1S/C12H14Cl2O3/c1-3-17-12-9(13)6-8(7-10(12)14)4-5-11(15)16-2/h6-7H,3-5H2,1-2H3. The third-order valence-corrected chi connectivity index (χ3v) is 2.75. The van der Waals surface area contributed by atoms with Crippen molar-refractivity contribution in [2.75, 3.05) is 13.7 Å². The van der Waals surface area contributed by atoms with Crippen molar-refractivity contribution in [2.24, 2.45) is 0 Å². The Morgan fingerprint density at radius 2 is 1.88 bits per heavy atom. The van der Waals surface area contributed by atoms with E-state index in [1.54, 1.807) is 12.1 Å². The van der Waals surface area contributed by atoms with Crippen LogP contribution in [0.25, 0.3) is 0 Å². The van der Waals surface area contributed by atoms with Gasteiger partial charge in [-0.15, -0.1) is 0 Å². The minimum Gasteiger partial charge on any atom is -0.491 e. The summed E-state index contributed by atoms with van der Waals surface area (Å²) >= 11 is 12.1. The second kappa shape index (κ2) is 6.72. The van der Waals surface area contributed by atoms with Crippen LogP contribution in [-0.4, -0.2) is 19.7 Å². The van der Waals surface area contributed by atoms with Gasteiger partial charge in [-0.3, -0.25) is 4.79 Å². The molecule has 0 saturated heterocycles. The fourth-order valence-electron chi connectivity index (χ4n) is 1.39. The van der Waals surface area contributed by atoms with Gasteiger partial charge in [-0.2, -0.15) is 0 Å². The van der Waals surface area contributed by atoms with Crippen molar-refractivity contribution in [3.8, 4) is 5.75 Å². The Morgan fingerprint density at radius 1 is 1.29 bits per heavy atom. The first kappa shape index (κ1) is 14.1. The molecule has 0 aliphatic rings. The van der Waals surface area contributed by atoms with E-state index in [1.165, 1.54) is 7.11 Å². The van der Waals surface area contributed by atoms with Gasteiger partial charge in [0.05, 0.1) is 23.8 Å². The molecule has 5 heteroatoms. The van der Waals surface area contributed by atoms with Gasteiger partial charge in [0, 0.05) is 6.42 Å². The van der Waals surface area contributed by atoms with Gasteiger partial charge in [0.15, 0.2) is 5.75 Å². The van der Waals surface area contributed by atoms with Gasteiger partial charge in [-0.25, -0.2) is 0 Å². The third-order valence-electron chi connectivity index (χ3n) is 2.19. The molecule has 3 nitrogen and oxygen atoms in total. The maximum atomic E-state index is 11.0. The van der Waals surface area contributed by atoms with Crippen molar-refractivity contribution in [3.05, 3.63) is 27.7 Å². The Bertz CT molecular complexity index is 382. The van der Waals surface area contributed by atoms with Crippen LogP contribution in [0.1, 0.15) is 18.9 Å². The lowest BCUT2D eigenvalue weighted by Crippen LogP contribution is -2.02. The van der Waals surface area contributed by atoms with E-state index in [4.69, 9.17) is 27.9 Å². The Hall–Kier alpha value is -0.930. The SMILES string of the molecule is CCOc1c(Cl)cc(CCC(=O)OC)cc1Cl. The number of halogens is 2. The molecule has 0 aromatic heterocycles. The lowest BCUT2D eigenvalue weighted by Gasteiger charge is -2.10. The molecular weight excluding hydrogens is 263 g/mol. The molecule has 0 N–H and O–H groups in total. The number of hydrogen-bond donors (Lipinski definition) is 0. The molecule has 1 aromatic rings. The van der Waals surface area contributed by atoms with Crippen LogP contribution in [0.4, 0.5) is 0 Å². The number of carbonyl (C=O) groups excluding carboxylic acids is 1. The average molecular weight is 277 g/mol. The van der Waals surface area contributed by atoms with E-state index >= 15 is 0 Å². The van der Waals surface area contributed by atoms with Gasteiger partial charge in [-0.05, 0) is 31.0 Å². The van der Waals surface area contributed by atoms with Crippen LogP contribution in [0.2, 0.25) is 10.0 Å². The van der Waals surface area contributed by atoms with Crippen molar-refractivity contribution in [1.82, 2.24) is 0 Å². The van der Waals surface area contributed by atoms with Crippen LogP contribution in [0, 0.1) is 0 Å². The summed E-state index contributed by atoms with van der Waals surface area (Å²) in [5, 5.41) is 0.915. The van der Waals surface area contributed by atoms with Crippen LogP contribution < -0.4 is 4.74 Å². The zero-order valence-corrected chi connectivity index (χ0v) is 11.3. The third kappa shape index (κ3) is 4.10. The molecule has 0 aliphatic carbocycles. The first-order chi connectivity index (χ1) is 8.08. The quantitative estimate of drug-likeness (QED) is 0.773. The van der Waals surface area contributed by atoms with E-state index < -0.39 is 0 Å². The first-order valence-corrected chi connectivity index (χ1v) is 6.01. The summed E-state index contributed by atoms with van der Waals surface area (Å²) in [4.78, 5) is 11.0. The number of aryl methyl sites for hydroxylation is 1. The van der Waals surface area contributed by atoms with Crippen molar-refractivity contribution in [3.63, 3.8) is 0 Å². The molecule has 1 aromatic carbocycles. The Morgan fingerprint density at radius 3 is 2.35 bits per heavy atom. The van der Waals surface area contributed by atoms with Crippen LogP contribution in [0.5, 0.6) is 5.75 Å². The second-order valence-corrected chi connectivity index (χ2v) is 4.21. The van der Waals surface area contributed by atoms with E-state index in [1.807, 2.05) is 6.92 Å². The number of ether oxygens (including phenoxy) is 2. The predicted molar refractivity (Wildman–Crippen MR) is 68.0 cm³/mol. The zero-order chi connectivity index (χ0) is 12.8. The molecule has 17 heavy (non-hydrogen) atoms. The minimum absolute atomic E-state index is 0.258. The number of rotatable bonds is 5. The number of benzene rings is 1. The summed E-state index contributed by atoms with van der Waals surface area (Å²) in [5.74, 6) is 0.226. The normalized spacial score (nSPS) is 10.1. The average Bonchev–Trinajstić information content (AvgIpc) is 2.30. The zero-order valence-electron chi connectivity index (χ0n) is 9.76. The monoisotopic (exact) mass is 276 g/mol. The molecule has 0 atom stereocenters. The minimum atomic E-state index is -0.258. The molecule has 0 spiro atoms. The van der Waals surface area contributed by atoms with Crippen molar-refractivity contribution < 1.29 is 14.3 Å². The summed E-state index contributed by atoms with van der Waals surface area (Å²) in [6, 6.07) is 3.50. The molecule has 0 saturated carbocycles. The van der Waals surface area contributed by atoms with E-state index in [9.17, 15) is 4.79 Å². The number of esters is 1. The summed E-state index contributed by atoms with van der Waals surface area (Å²) in [6.45, 7) is 2.36. The highest BCUT2D eigenvalue weighted by molar-refractivity contribution is 6.37. The molecule has 1 rings (SSSR count).